The van der Waals surface area contributed by atoms with Gasteiger partial charge in [0.25, 0.3) is 0 Å². The Bertz CT molecular complexity index is 276. The molecular weight excluding hydrogens is 190 g/mol. The van der Waals surface area contributed by atoms with Gasteiger partial charge in [0.2, 0.25) is 0 Å². The van der Waals surface area contributed by atoms with Crippen LogP contribution in [-0.2, 0) is 9.84 Å². The van der Waals surface area contributed by atoms with E-state index in [2.05, 4.69) is 4.90 Å². The average Bonchev–Trinajstić information content (AvgIpc) is 2.47. The summed E-state index contributed by atoms with van der Waals surface area (Å²) in [5, 5.41) is 8.91. The number of hydrogen-bond donors (Lipinski definition) is 1. The normalized spacial score (nSPS) is 34.7. The Hall–Kier alpha value is -0.130. The molecule has 2 aliphatic rings. The quantitative estimate of drug-likeness (QED) is 0.634. The van der Waals surface area contributed by atoms with E-state index >= 15 is 0 Å². The SMILES string of the molecule is O=S1(=O)CC(N2CCC(CO)C2)C1. The molecular formula is C8H15NO3S. The topological polar surface area (TPSA) is 57.6 Å². The molecule has 2 rings (SSSR count). The zero-order valence-electron chi connectivity index (χ0n) is 7.52. The van der Waals surface area contributed by atoms with Crippen LogP contribution in [0.15, 0.2) is 0 Å². The highest BCUT2D eigenvalue weighted by atomic mass is 32.2. The van der Waals surface area contributed by atoms with Crippen molar-refractivity contribution in [2.75, 3.05) is 31.2 Å². The minimum atomic E-state index is -2.70. The molecule has 0 aromatic rings. The van der Waals surface area contributed by atoms with Crippen molar-refractivity contribution in [2.45, 2.75) is 12.5 Å². The number of rotatable bonds is 2. The summed E-state index contributed by atoms with van der Waals surface area (Å²) in [5.74, 6) is 1.01. The Labute approximate surface area is 78.5 Å². The van der Waals surface area contributed by atoms with Crippen molar-refractivity contribution in [3.8, 4) is 0 Å². The maximum absolute atomic E-state index is 10.9. The first-order chi connectivity index (χ1) is 6.11. The van der Waals surface area contributed by atoms with Crippen LogP contribution in [-0.4, -0.2) is 55.7 Å². The maximum Gasteiger partial charge on any atom is 0.153 e. The highest BCUT2D eigenvalue weighted by Crippen LogP contribution is 2.24. The van der Waals surface area contributed by atoms with E-state index < -0.39 is 9.84 Å². The van der Waals surface area contributed by atoms with Gasteiger partial charge in [-0.05, 0) is 18.9 Å². The van der Waals surface area contributed by atoms with Gasteiger partial charge in [-0.3, -0.25) is 4.90 Å². The van der Waals surface area contributed by atoms with Gasteiger partial charge < -0.3 is 5.11 Å². The fourth-order valence-electron chi connectivity index (χ4n) is 2.09. The van der Waals surface area contributed by atoms with Crippen LogP contribution in [0.1, 0.15) is 6.42 Å². The van der Waals surface area contributed by atoms with Crippen LogP contribution in [0.3, 0.4) is 0 Å². The molecule has 0 spiro atoms. The molecule has 2 heterocycles. The van der Waals surface area contributed by atoms with Crippen molar-refractivity contribution >= 4 is 9.84 Å². The largest absolute Gasteiger partial charge is 0.396 e. The van der Waals surface area contributed by atoms with Crippen LogP contribution >= 0.6 is 0 Å². The van der Waals surface area contributed by atoms with E-state index in [9.17, 15) is 8.42 Å². The summed E-state index contributed by atoms with van der Waals surface area (Å²) in [6.45, 7) is 2.05. The lowest BCUT2D eigenvalue weighted by Gasteiger charge is -2.34. The number of sulfone groups is 1. The smallest absolute Gasteiger partial charge is 0.153 e. The van der Waals surface area contributed by atoms with Crippen molar-refractivity contribution in [1.29, 1.82) is 0 Å². The van der Waals surface area contributed by atoms with E-state index in [1.807, 2.05) is 0 Å². The Morgan fingerprint density at radius 1 is 1.38 bits per heavy atom. The second-order valence-corrected chi connectivity index (χ2v) is 6.22. The molecule has 2 fully saturated rings. The van der Waals surface area contributed by atoms with Gasteiger partial charge in [0, 0.05) is 19.2 Å². The molecule has 0 bridgehead atoms. The molecule has 2 saturated heterocycles. The molecule has 0 radical (unpaired) electrons. The summed E-state index contributed by atoms with van der Waals surface area (Å²) >= 11 is 0. The van der Waals surface area contributed by atoms with Gasteiger partial charge in [0.05, 0.1) is 11.5 Å². The lowest BCUT2D eigenvalue weighted by Crippen LogP contribution is -2.52. The van der Waals surface area contributed by atoms with E-state index in [1.165, 1.54) is 0 Å². The van der Waals surface area contributed by atoms with Gasteiger partial charge in [-0.15, -0.1) is 0 Å². The minimum Gasteiger partial charge on any atom is -0.396 e. The van der Waals surface area contributed by atoms with Crippen molar-refractivity contribution in [3.63, 3.8) is 0 Å². The number of aliphatic hydroxyl groups excluding tert-OH is 1. The summed E-state index contributed by atoms with van der Waals surface area (Å²) in [6.07, 6.45) is 1.01. The van der Waals surface area contributed by atoms with Gasteiger partial charge in [-0.2, -0.15) is 0 Å². The predicted octanol–water partition coefficient (Wildman–Crippen LogP) is -0.902. The molecule has 4 nitrogen and oxygen atoms in total. The Kier molecular flexibility index (Phi) is 2.33. The molecule has 1 unspecified atom stereocenters. The fraction of sp³-hybridized carbons (Fsp3) is 1.00. The molecule has 0 amide bonds. The molecule has 1 N–H and O–H groups in total. The van der Waals surface area contributed by atoms with E-state index in [1.54, 1.807) is 0 Å². The van der Waals surface area contributed by atoms with Gasteiger partial charge in [0.15, 0.2) is 9.84 Å². The molecule has 0 aromatic carbocycles. The summed E-state index contributed by atoms with van der Waals surface area (Å²) < 4.78 is 21.9. The number of aliphatic hydroxyl groups is 1. The standard InChI is InChI=1S/C8H15NO3S/c10-4-7-1-2-9(3-7)8-5-13(11,12)6-8/h7-8,10H,1-6H2. The van der Waals surface area contributed by atoms with Crippen molar-refractivity contribution in [1.82, 2.24) is 4.90 Å². The van der Waals surface area contributed by atoms with Crippen LogP contribution in [0.4, 0.5) is 0 Å². The molecule has 13 heavy (non-hydrogen) atoms. The lowest BCUT2D eigenvalue weighted by molar-refractivity contribution is 0.206. The summed E-state index contributed by atoms with van der Waals surface area (Å²) in [7, 11) is -2.70. The minimum absolute atomic E-state index is 0.232. The molecule has 0 saturated carbocycles. The molecule has 76 valence electrons. The summed E-state index contributed by atoms with van der Waals surface area (Å²) in [4.78, 5) is 2.20. The first-order valence-electron chi connectivity index (χ1n) is 4.66. The van der Waals surface area contributed by atoms with Crippen LogP contribution in [0.2, 0.25) is 0 Å². The van der Waals surface area contributed by atoms with Crippen molar-refractivity contribution in [2.24, 2.45) is 5.92 Å². The highest BCUT2D eigenvalue weighted by Gasteiger charge is 2.39. The van der Waals surface area contributed by atoms with Gasteiger partial charge in [-0.25, -0.2) is 8.42 Å². The Morgan fingerprint density at radius 2 is 2.08 bits per heavy atom. The molecule has 0 aromatic heterocycles. The molecule has 0 aliphatic carbocycles. The highest BCUT2D eigenvalue weighted by molar-refractivity contribution is 7.92. The van der Waals surface area contributed by atoms with E-state index in [0.29, 0.717) is 17.4 Å². The van der Waals surface area contributed by atoms with Crippen LogP contribution < -0.4 is 0 Å². The third-order valence-corrected chi connectivity index (χ3v) is 4.77. The van der Waals surface area contributed by atoms with Crippen LogP contribution in [0.5, 0.6) is 0 Å². The Balaban J connectivity index is 1.85. The summed E-state index contributed by atoms with van der Waals surface area (Å²) in [5.41, 5.74) is 0. The maximum atomic E-state index is 10.9. The van der Waals surface area contributed by atoms with Gasteiger partial charge in [0.1, 0.15) is 0 Å². The van der Waals surface area contributed by atoms with Crippen LogP contribution in [0, 0.1) is 5.92 Å². The zero-order chi connectivity index (χ0) is 9.47. The first kappa shape index (κ1) is 9.43. The number of hydrogen-bond acceptors (Lipinski definition) is 4. The third-order valence-electron chi connectivity index (χ3n) is 2.98. The van der Waals surface area contributed by atoms with Crippen LogP contribution in [0.25, 0.3) is 0 Å². The second-order valence-electron chi connectivity index (χ2n) is 4.06. The zero-order valence-corrected chi connectivity index (χ0v) is 8.33. The third kappa shape index (κ3) is 1.87. The number of nitrogens with zero attached hydrogens (tertiary/aromatic N) is 1. The molecule has 2 aliphatic heterocycles. The van der Waals surface area contributed by atoms with Gasteiger partial charge in [-0.1, -0.05) is 0 Å². The van der Waals surface area contributed by atoms with Crippen molar-refractivity contribution in [3.05, 3.63) is 0 Å². The Morgan fingerprint density at radius 3 is 2.54 bits per heavy atom. The average molecular weight is 205 g/mol. The fourth-order valence-corrected chi connectivity index (χ4v) is 3.59. The first-order valence-corrected chi connectivity index (χ1v) is 6.48. The van der Waals surface area contributed by atoms with E-state index in [0.717, 1.165) is 19.5 Å². The number of likely N-dealkylation sites (tertiary alicyclic amines) is 1. The lowest BCUT2D eigenvalue weighted by atomic mass is 10.1. The molecule has 1 atom stereocenters. The van der Waals surface area contributed by atoms with E-state index in [4.69, 9.17) is 5.11 Å². The molecule has 5 heteroatoms. The predicted molar refractivity (Wildman–Crippen MR) is 49.2 cm³/mol. The van der Waals surface area contributed by atoms with E-state index in [-0.39, 0.29) is 12.6 Å². The second kappa shape index (κ2) is 3.22. The van der Waals surface area contributed by atoms with Crippen molar-refractivity contribution < 1.29 is 13.5 Å². The monoisotopic (exact) mass is 205 g/mol. The van der Waals surface area contributed by atoms with Gasteiger partial charge >= 0.3 is 0 Å². The summed E-state index contributed by atoms with van der Waals surface area (Å²) in [6, 6.07) is 0.238.